The second-order valence-corrected chi connectivity index (χ2v) is 7.40. The van der Waals surface area contributed by atoms with Crippen LogP contribution in [0.1, 0.15) is 36.2 Å². The molecule has 0 atom stereocenters. The second kappa shape index (κ2) is 10.5. The molecule has 0 fully saturated rings. The van der Waals surface area contributed by atoms with Crippen LogP contribution in [0.2, 0.25) is 0 Å². The third kappa shape index (κ3) is 5.32. The molecule has 0 radical (unpaired) electrons. The van der Waals surface area contributed by atoms with Crippen LogP contribution in [0.4, 0.5) is 11.4 Å². The largest absolute Gasteiger partial charge is 0.399 e. The van der Waals surface area contributed by atoms with E-state index in [9.17, 15) is 4.79 Å². The SMILES string of the molecule is Cc1ccc(-c2nnc3n2CCCCC3)cc1NC(=O)Cc1ccc(N)cc1.Cl.Cl. The molecule has 1 amide bonds. The van der Waals surface area contributed by atoms with Crippen LogP contribution < -0.4 is 11.1 Å². The summed E-state index contributed by atoms with van der Waals surface area (Å²) in [5.41, 5.74) is 10.1. The lowest BCUT2D eigenvalue weighted by Gasteiger charge is -2.12. The molecular weight excluding hydrogens is 421 g/mol. The summed E-state index contributed by atoms with van der Waals surface area (Å²) in [6, 6.07) is 13.4. The van der Waals surface area contributed by atoms with Gasteiger partial charge in [0.1, 0.15) is 5.82 Å². The number of rotatable bonds is 4. The Labute approximate surface area is 189 Å². The summed E-state index contributed by atoms with van der Waals surface area (Å²) in [4.78, 5) is 12.5. The number of benzene rings is 2. The van der Waals surface area contributed by atoms with Crippen LogP contribution in [0.25, 0.3) is 11.4 Å². The Morgan fingerprint density at radius 3 is 2.60 bits per heavy atom. The average molecular weight is 448 g/mol. The number of nitrogens with zero attached hydrogens (tertiary/aromatic N) is 3. The third-order valence-electron chi connectivity index (χ3n) is 5.22. The van der Waals surface area contributed by atoms with E-state index in [0.717, 1.165) is 53.4 Å². The van der Waals surface area contributed by atoms with E-state index >= 15 is 0 Å². The topological polar surface area (TPSA) is 85.8 Å². The Balaban J connectivity index is 0.00000160. The maximum Gasteiger partial charge on any atom is 0.228 e. The molecule has 1 aliphatic rings. The first kappa shape index (κ1) is 23.7. The summed E-state index contributed by atoms with van der Waals surface area (Å²) >= 11 is 0. The van der Waals surface area contributed by atoms with Crippen molar-refractivity contribution in [1.82, 2.24) is 14.8 Å². The number of nitrogens with two attached hydrogens (primary N) is 1. The van der Waals surface area contributed by atoms with E-state index in [-0.39, 0.29) is 30.7 Å². The average Bonchev–Trinajstić information content (AvgIpc) is 2.93. The van der Waals surface area contributed by atoms with Crippen molar-refractivity contribution in [3.8, 4) is 11.4 Å². The molecular formula is C22H27Cl2N5O. The number of aromatic nitrogens is 3. The first-order chi connectivity index (χ1) is 13.6. The van der Waals surface area contributed by atoms with Crippen LogP contribution in [-0.2, 0) is 24.2 Å². The molecule has 4 rings (SSSR count). The van der Waals surface area contributed by atoms with Crippen molar-refractivity contribution in [3.63, 3.8) is 0 Å². The smallest absolute Gasteiger partial charge is 0.228 e. The standard InChI is InChI=1S/C22H25N5O.2ClH/c1-15-6-9-17(22-26-25-20-5-3-2-4-12-27(20)22)14-19(15)24-21(28)13-16-7-10-18(23)11-8-16;;/h6-11,14H,2-5,12-13,23H2,1H3,(H,24,28);2*1H. The highest BCUT2D eigenvalue weighted by atomic mass is 35.5. The minimum Gasteiger partial charge on any atom is -0.399 e. The second-order valence-electron chi connectivity index (χ2n) is 7.40. The van der Waals surface area contributed by atoms with Gasteiger partial charge in [-0.3, -0.25) is 4.79 Å². The number of carbonyl (C=O) groups is 1. The molecule has 1 aliphatic heterocycles. The van der Waals surface area contributed by atoms with Gasteiger partial charge in [0.2, 0.25) is 5.91 Å². The van der Waals surface area contributed by atoms with Crippen LogP contribution in [-0.4, -0.2) is 20.7 Å². The summed E-state index contributed by atoms with van der Waals surface area (Å²) in [6.07, 6.45) is 4.82. The normalized spacial score (nSPS) is 12.7. The highest BCUT2D eigenvalue weighted by molar-refractivity contribution is 5.93. The van der Waals surface area contributed by atoms with Gasteiger partial charge < -0.3 is 15.6 Å². The Kier molecular flexibility index (Phi) is 8.26. The molecule has 1 aromatic heterocycles. The van der Waals surface area contributed by atoms with Crippen LogP contribution in [0.3, 0.4) is 0 Å². The summed E-state index contributed by atoms with van der Waals surface area (Å²) in [7, 11) is 0. The molecule has 0 unspecified atom stereocenters. The molecule has 3 N–H and O–H groups in total. The molecule has 8 heteroatoms. The predicted octanol–water partition coefficient (Wildman–Crippen LogP) is 4.59. The number of carbonyl (C=O) groups excluding carboxylic acids is 1. The zero-order chi connectivity index (χ0) is 19.5. The fourth-order valence-corrected chi connectivity index (χ4v) is 3.61. The van der Waals surface area contributed by atoms with Crippen molar-refractivity contribution in [2.75, 3.05) is 11.1 Å². The third-order valence-corrected chi connectivity index (χ3v) is 5.22. The maximum absolute atomic E-state index is 12.5. The number of aryl methyl sites for hydroxylation is 2. The van der Waals surface area contributed by atoms with Gasteiger partial charge in [-0.05, 0) is 49.1 Å². The minimum atomic E-state index is -0.0508. The molecule has 160 valence electrons. The minimum absolute atomic E-state index is 0. The molecule has 3 aromatic rings. The molecule has 0 aliphatic carbocycles. The number of anilines is 2. The van der Waals surface area contributed by atoms with Crippen molar-refractivity contribution in [2.24, 2.45) is 0 Å². The van der Waals surface area contributed by atoms with Crippen molar-refractivity contribution in [1.29, 1.82) is 0 Å². The van der Waals surface area contributed by atoms with Crippen LogP contribution in [0.5, 0.6) is 0 Å². The molecule has 30 heavy (non-hydrogen) atoms. The van der Waals surface area contributed by atoms with E-state index in [1.165, 1.54) is 12.8 Å². The quantitative estimate of drug-likeness (QED) is 0.572. The van der Waals surface area contributed by atoms with E-state index in [1.54, 1.807) is 0 Å². The number of hydrogen-bond acceptors (Lipinski definition) is 4. The van der Waals surface area contributed by atoms with Gasteiger partial charge in [0, 0.05) is 29.9 Å². The fourth-order valence-electron chi connectivity index (χ4n) is 3.61. The molecule has 0 saturated heterocycles. The summed E-state index contributed by atoms with van der Waals surface area (Å²) in [5.74, 6) is 1.89. The maximum atomic E-state index is 12.5. The van der Waals surface area contributed by atoms with E-state index < -0.39 is 0 Å². The molecule has 2 heterocycles. The Hall–Kier alpha value is -2.57. The molecule has 0 saturated carbocycles. The number of fused-ring (bicyclic) bond motifs is 1. The highest BCUT2D eigenvalue weighted by Gasteiger charge is 2.17. The zero-order valence-corrected chi connectivity index (χ0v) is 18.6. The van der Waals surface area contributed by atoms with Gasteiger partial charge in [-0.15, -0.1) is 35.0 Å². The van der Waals surface area contributed by atoms with E-state index in [1.807, 2.05) is 49.4 Å². The summed E-state index contributed by atoms with van der Waals surface area (Å²) in [5, 5.41) is 11.8. The van der Waals surface area contributed by atoms with Crippen LogP contribution >= 0.6 is 24.8 Å². The highest BCUT2D eigenvalue weighted by Crippen LogP contribution is 2.27. The number of halogens is 2. The Morgan fingerprint density at radius 1 is 1.07 bits per heavy atom. The lowest BCUT2D eigenvalue weighted by Crippen LogP contribution is -2.15. The zero-order valence-electron chi connectivity index (χ0n) is 16.9. The lowest BCUT2D eigenvalue weighted by atomic mass is 10.1. The molecule has 6 nitrogen and oxygen atoms in total. The lowest BCUT2D eigenvalue weighted by molar-refractivity contribution is -0.115. The van der Waals surface area contributed by atoms with Gasteiger partial charge in [0.05, 0.1) is 6.42 Å². The van der Waals surface area contributed by atoms with Crippen molar-refractivity contribution >= 4 is 42.1 Å². The number of nitrogens with one attached hydrogen (secondary N) is 1. The van der Waals surface area contributed by atoms with Crippen molar-refractivity contribution < 1.29 is 4.79 Å². The summed E-state index contributed by atoms with van der Waals surface area (Å²) in [6.45, 7) is 2.94. The monoisotopic (exact) mass is 447 g/mol. The predicted molar refractivity (Wildman–Crippen MR) is 125 cm³/mol. The fraction of sp³-hybridized carbons (Fsp3) is 0.318. The number of amides is 1. The number of nitrogen functional groups attached to an aromatic ring is 1. The summed E-state index contributed by atoms with van der Waals surface area (Å²) < 4.78 is 2.22. The van der Waals surface area contributed by atoms with Gasteiger partial charge >= 0.3 is 0 Å². The van der Waals surface area contributed by atoms with E-state index in [4.69, 9.17) is 5.73 Å². The van der Waals surface area contributed by atoms with Gasteiger partial charge in [-0.1, -0.05) is 30.7 Å². The van der Waals surface area contributed by atoms with Crippen LogP contribution in [0.15, 0.2) is 42.5 Å². The first-order valence-electron chi connectivity index (χ1n) is 9.77. The van der Waals surface area contributed by atoms with Gasteiger partial charge in [0.15, 0.2) is 5.82 Å². The molecule has 0 spiro atoms. The van der Waals surface area contributed by atoms with Crippen molar-refractivity contribution in [2.45, 2.75) is 45.6 Å². The van der Waals surface area contributed by atoms with Gasteiger partial charge in [-0.2, -0.15) is 0 Å². The molecule has 2 aromatic carbocycles. The first-order valence-corrected chi connectivity index (χ1v) is 9.77. The Morgan fingerprint density at radius 2 is 1.83 bits per heavy atom. The Bertz CT molecular complexity index is 1000. The van der Waals surface area contributed by atoms with Crippen molar-refractivity contribution in [3.05, 3.63) is 59.4 Å². The number of hydrogen-bond donors (Lipinski definition) is 2. The van der Waals surface area contributed by atoms with Gasteiger partial charge in [-0.25, -0.2) is 0 Å². The van der Waals surface area contributed by atoms with E-state index in [0.29, 0.717) is 12.1 Å². The van der Waals surface area contributed by atoms with Gasteiger partial charge in [0.25, 0.3) is 0 Å². The van der Waals surface area contributed by atoms with Crippen LogP contribution in [0, 0.1) is 6.92 Å². The molecule has 0 bridgehead atoms. The van der Waals surface area contributed by atoms with E-state index in [2.05, 4.69) is 20.1 Å².